The molecule has 132 valence electrons. The smallest absolute Gasteiger partial charge is 0.266 e. The summed E-state index contributed by atoms with van der Waals surface area (Å²) in [4.78, 5) is 15.2. The maximum absolute atomic E-state index is 12.5. The summed E-state index contributed by atoms with van der Waals surface area (Å²) in [5, 5.41) is 11.0. The molecule has 3 aromatic rings. The molecule has 0 aliphatic carbocycles. The zero-order valence-corrected chi connectivity index (χ0v) is 16.4. The monoisotopic (exact) mass is 404 g/mol. The average molecular weight is 405 g/mol. The predicted molar refractivity (Wildman–Crippen MR) is 106 cm³/mol. The molecule has 0 saturated heterocycles. The molecule has 1 N–H and O–H groups in total. The van der Waals surface area contributed by atoms with E-state index >= 15 is 0 Å². The van der Waals surface area contributed by atoms with Gasteiger partial charge in [0, 0.05) is 16.8 Å². The average Bonchev–Trinajstić information content (AvgIpc) is 2.97. The predicted octanol–water partition coefficient (Wildman–Crippen LogP) is 5.90. The third-order valence-electron chi connectivity index (χ3n) is 3.76. The molecule has 0 unspecified atom stereocenters. The van der Waals surface area contributed by atoms with Gasteiger partial charge < -0.3 is 9.40 Å². The fourth-order valence-corrected chi connectivity index (χ4v) is 3.70. The van der Waals surface area contributed by atoms with E-state index in [2.05, 4.69) is 4.98 Å². The minimum atomic E-state index is -0.461. The topological polar surface area (TPSA) is 69.8 Å². The molecule has 0 radical (unpaired) electrons. The number of furan rings is 1. The highest BCUT2D eigenvalue weighted by atomic mass is 35.5. The number of hydrogen-bond acceptors (Lipinski definition) is 4. The first-order chi connectivity index (χ1) is 12.4. The molecule has 0 bridgehead atoms. The zero-order chi connectivity index (χ0) is 18.8. The van der Waals surface area contributed by atoms with Crippen molar-refractivity contribution in [3.8, 4) is 28.5 Å². The Labute approximate surface area is 164 Å². The Balaban J connectivity index is 2.25. The van der Waals surface area contributed by atoms with Crippen LogP contribution in [0.1, 0.15) is 18.2 Å². The van der Waals surface area contributed by atoms with Crippen molar-refractivity contribution >= 4 is 35.0 Å². The summed E-state index contributed by atoms with van der Waals surface area (Å²) < 4.78 is 5.73. The number of nitriles is 1. The molecule has 2 heterocycles. The fourth-order valence-electron chi connectivity index (χ4n) is 2.62. The van der Waals surface area contributed by atoms with Gasteiger partial charge in [0.25, 0.3) is 5.56 Å². The summed E-state index contributed by atoms with van der Waals surface area (Å²) in [6.45, 7) is 3.85. The van der Waals surface area contributed by atoms with Crippen LogP contribution in [0.3, 0.4) is 0 Å². The second-order valence-electron chi connectivity index (χ2n) is 5.53. The lowest BCUT2D eigenvalue weighted by Gasteiger charge is -2.08. The number of rotatable bonds is 4. The van der Waals surface area contributed by atoms with E-state index in [1.165, 1.54) is 11.8 Å². The van der Waals surface area contributed by atoms with Gasteiger partial charge in [-0.25, -0.2) is 0 Å². The Kier molecular flexibility index (Phi) is 5.47. The minimum absolute atomic E-state index is 0.0487. The molecule has 0 spiro atoms. The van der Waals surface area contributed by atoms with Crippen LogP contribution in [0, 0.1) is 18.3 Å². The molecular weight excluding hydrogens is 391 g/mol. The van der Waals surface area contributed by atoms with E-state index in [4.69, 9.17) is 27.6 Å². The van der Waals surface area contributed by atoms with Crippen LogP contribution in [0.4, 0.5) is 0 Å². The summed E-state index contributed by atoms with van der Waals surface area (Å²) in [7, 11) is 0. The first-order valence-electron chi connectivity index (χ1n) is 7.81. The third kappa shape index (κ3) is 3.54. The number of aromatic amines is 1. The highest BCUT2D eigenvalue weighted by Gasteiger charge is 2.19. The van der Waals surface area contributed by atoms with Crippen molar-refractivity contribution in [1.29, 1.82) is 5.26 Å². The minimum Gasteiger partial charge on any atom is -0.455 e. The second-order valence-corrected chi connectivity index (χ2v) is 7.58. The highest BCUT2D eigenvalue weighted by Crippen LogP contribution is 2.37. The Morgan fingerprint density at radius 3 is 2.62 bits per heavy atom. The van der Waals surface area contributed by atoms with Gasteiger partial charge in [-0.05, 0) is 42.5 Å². The quantitative estimate of drug-likeness (QED) is 0.549. The highest BCUT2D eigenvalue weighted by molar-refractivity contribution is 7.99. The summed E-state index contributed by atoms with van der Waals surface area (Å²) in [6.07, 6.45) is 0. The lowest BCUT2D eigenvalue weighted by atomic mass is 10.0. The van der Waals surface area contributed by atoms with Gasteiger partial charge >= 0.3 is 0 Å². The van der Waals surface area contributed by atoms with Crippen LogP contribution >= 0.6 is 35.0 Å². The van der Waals surface area contributed by atoms with Crippen LogP contribution in [0.5, 0.6) is 0 Å². The number of pyridine rings is 1. The van der Waals surface area contributed by atoms with E-state index in [1.807, 2.05) is 26.0 Å². The Morgan fingerprint density at radius 1 is 1.19 bits per heavy atom. The van der Waals surface area contributed by atoms with Crippen LogP contribution in [-0.2, 0) is 0 Å². The van der Waals surface area contributed by atoms with Gasteiger partial charge in [-0.3, -0.25) is 4.79 Å². The summed E-state index contributed by atoms with van der Waals surface area (Å²) in [5.74, 6) is 1.53. The molecule has 26 heavy (non-hydrogen) atoms. The summed E-state index contributed by atoms with van der Waals surface area (Å²) in [5.41, 5.74) is 2.11. The molecule has 1 aromatic carbocycles. The van der Waals surface area contributed by atoms with Gasteiger partial charge in [0.05, 0.1) is 10.0 Å². The van der Waals surface area contributed by atoms with Gasteiger partial charge in [0.1, 0.15) is 17.4 Å². The van der Waals surface area contributed by atoms with Crippen molar-refractivity contribution in [2.75, 3.05) is 5.75 Å². The normalized spacial score (nSPS) is 10.7. The molecule has 7 heteroatoms. The van der Waals surface area contributed by atoms with E-state index in [0.717, 1.165) is 17.1 Å². The molecular formula is C19H14Cl2N2O2S. The third-order valence-corrected chi connectivity index (χ3v) is 5.36. The molecule has 0 aliphatic heterocycles. The standard InChI is InChI=1S/C19H14Cl2N2O2S/c1-3-26-19-13(6-10(2)25-19)12-8-17(23-18(24)14(12)9-22)11-4-5-15(20)16(21)7-11/h4-8H,3H2,1-2H3,(H,23,24). The summed E-state index contributed by atoms with van der Waals surface area (Å²) >= 11 is 13.6. The van der Waals surface area contributed by atoms with Crippen LogP contribution in [0.2, 0.25) is 10.0 Å². The van der Waals surface area contributed by atoms with Gasteiger partial charge in [0.15, 0.2) is 5.09 Å². The summed E-state index contributed by atoms with van der Waals surface area (Å²) in [6, 6.07) is 10.7. The number of H-pyrrole nitrogens is 1. The van der Waals surface area contributed by atoms with E-state index < -0.39 is 5.56 Å². The number of halogens is 2. The number of benzene rings is 1. The molecule has 0 fully saturated rings. The Morgan fingerprint density at radius 2 is 1.96 bits per heavy atom. The van der Waals surface area contributed by atoms with Gasteiger partial charge in [-0.15, -0.1) is 0 Å². The maximum atomic E-state index is 12.5. The van der Waals surface area contributed by atoms with Gasteiger partial charge in [0.2, 0.25) is 0 Å². The number of aryl methyl sites for hydroxylation is 1. The largest absolute Gasteiger partial charge is 0.455 e. The fraction of sp³-hybridized carbons (Fsp3) is 0.158. The first-order valence-corrected chi connectivity index (χ1v) is 9.55. The molecule has 0 atom stereocenters. The van der Waals surface area contributed by atoms with Crippen molar-refractivity contribution in [2.24, 2.45) is 0 Å². The van der Waals surface area contributed by atoms with E-state index in [-0.39, 0.29) is 5.56 Å². The van der Waals surface area contributed by atoms with Gasteiger partial charge in [-0.1, -0.05) is 48.0 Å². The first kappa shape index (κ1) is 18.7. The van der Waals surface area contributed by atoms with Crippen LogP contribution in [0.25, 0.3) is 22.4 Å². The number of aromatic nitrogens is 1. The van der Waals surface area contributed by atoms with E-state index in [9.17, 15) is 10.1 Å². The van der Waals surface area contributed by atoms with Crippen LogP contribution in [0.15, 0.2) is 44.6 Å². The van der Waals surface area contributed by atoms with E-state index in [1.54, 1.807) is 24.3 Å². The molecule has 2 aromatic heterocycles. The number of hydrogen-bond donors (Lipinski definition) is 1. The molecule has 3 rings (SSSR count). The van der Waals surface area contributed by atoms with Crippen LogP contribution in [-0.4, -0.2) is 10.7 Å². The lowest BCUT2D eigenvalue weighted by Crippen LogP contribution is -2.12. The van der Waals surface area contributed by atoms with Crippen molar-refractivity contribution in [3.05, 3.63) is 62.1 Å². The Bertz CT molecular complexity index is 1080. The van der Waals surface area contributed by atoms with Crippen molar-refractivity contribution in [3.63, 3.8) is 0 Å². The molecule has 4 nitrogen and oxygen atoms in total. The lowest BCUT2D eigenvalue weighted by molar-refractivity contribution is 0.450. The zero-order valence-electron chi connectivity index (χ0n) is 14.0. The molecule has 0 saturated carbocycles. The Hall–Kier alpha value is -2.13. The molecule has 0 aliphatic rings. The second kappa shape index (κ2) is 7.63. The molecule has 0 amide bonds. The van der Waals surface area contributed by atoms with Gasteiger partial charge in [-0.2, -0.15) is 5.26 Å². The van der Waals surface area contributed by atoms with Crippen LogP contribution < -0.4 is 5.56 Å². The van der Waals surface area contributed by atoms with E-state index in [0.29, 0.717) is 32.0 Å². The number of nitrogens with one attached hydrogen (secondary N) is 1. The van der Waals surface area contributed by atoms with Crippen molar-refractivity contribution in [1.82, 2.24) is 4.98 Å². The van der Waals surface area contributed by atoms with Crippen molar-refractivity contribution in [2.45, 2.75) is 18.9 Å². The SMILES string of the molecule is CCSc1oc(C)cc1-c1cc(-c2ccc(Cl)c(Cl)c2)[nH]c(=O)c1C#N. The number of thioether (sulfide) groups is 1. The maximum Gasteiger partial charge on any atom is 0.266 e. The van der Waals surface area contributed by atoms with Crippen molar-refractivity contribution < 1.29 is 4.42 Å². The number of nitrogens with zero attached hydrogens (tertiary/aromatic N) is 1.